The van der Waals surface area contributed by atoms with Crippen molar-refractivity contribution in [2.75, 3.05) is 13.2 Å². The van der Waals surface area contributed by atoms with Crippen molar-refractivity contribution in [3.05, 3.63) is 34.3 Å². The summed E-state index contributed by atoms with van der Waals surface area (Å²) in [6.07, 6.45) is 0. The molecule has 7 heteroatoms. The summed E-state index contributed by atoms with van der Waals surface area (Å²) in [5.74, 6) is -1.75. The normalized spacial score (nSPS) is 10.7. The Balaban J connectivity index is 2.32. The van der Waals surface area contributed by atoms with E-state index < -0.39 is 30.1 Å². The van der Waals surface area contributed by atoms with Crippen LogP contribution >= 0.6 is 15.9 Å². The molecule has 0 spiro atoms. The second-order valence-corrected chi connectivity index (χ2v) is 6.35. The molecule has 1 aromatic carbocycles. The fraction of sp³-hybridized carbons (Fsp3) is 0.400. The van der Waals surface area contributed by atoms with Gasteiger partial charge in [-0.2, -0.15) is 0 Å². The molecule has 22 heavy (non-hydrogen) atoms. The molecular formula is C15H18BrNO5. The molecule has 0 saturated heterocycles. The van der Waals surface area contributed by atoms with E-state index in [9.17, 15) is 14.4 Å². The zero-order valence-electron chi connectivity index (χ0n) is 12.6. The van der Waals surface area contributed by atoms with Gasteiger partial charge < -0.3 is 14.8 Å². The second kappa shape index (κ2) is 7.93. The molecule has 0 aromatic heterocycles. The number of ether oxygens (including phenoxy) is 2. The van der Waals surface area contributed by atoms with Crippen LogP contribution in [-0.2, 0) is 19.1 Å². The lowest BCUT2D eigenvalue weighted by molar-refractivity contribution is -0.166. The number of hydrogen-bond acceptors (Lipinski definition) is 5. The van der Waals surface area contributed by atoms with Crippen LogP contribution in [-0.4, -0.2) is 36.6 Å². The molecule has 1 N–H and O–H groups in total. The second-order valence-electron chi connectivity index (χ2n) is 5.44. The zero-order chi connectivity index (χ0) is 16.8. The van der Waals surface area contributed by atoms with Crippen molar-refractivity contribution in [3.63, 3.8) is 0 Å². The molecular weight excluding hydrogens is 354 g/mol. The molecule has 1 aromatic rings. The number of carbonyl (C=O) groups is 3. The minimum Gasteiger partial charge on any atom is -0.457 e. The summed E-state index contributed by atoms with van der Waals surface area (Å²) in [5, 5.41) is 2.41. The van der Waals surface area contributed by atoms with Crippen molar-refractivity contribution >= 4 is 33.8 Å². The summed E-state index contributed by atoms with van der Waals surface area (Å²) in [7, 11) is 0. The molecule has 0 fully saturated rings. The van der Waals surface area contributed by atoms with Crippen LogP contribution in [0.3, 0.4) is 0 Å². The van der Waals surface area contributed by atoms with Crippen molar-refractivity contribution in [2.45, 2.75) is 26.4 Å². The molecule has 0 saturated carbocycles. The third-order valence-corrected chi connectivity index (χ3v) is 2.80. The van der Waals surface area contributed by atoms with Gasteiger partial charge in [-0.25, -0.2) is 4.79 Å². The van der Waals surface area contributed by atoms with Gasteiger partial charge >= 0.3 is 11.9 Å². The van der Waals surface area contributed by atoms with E-state index in [0.717, 1.165) is 4.47 Å². The highest BCUT2D eigenvalue weighted by molar-refractivity contribution is 9.10. The lowest BCUT2D eigenvalue weighted by Crippen LogP contribution is -2.32. The first kappa shape index (κ1) is 18.2. The Morgan fingerprint density at radius 3 is 2.23 bits per heavy atom. The van der Waals surface area contributed by atoms with Crippen molar-refractivity contribution in [1.82, 2.24) is 5.32 Å². The summed E-state index contributed by atoms with van der Waals surface area (Å²) in [4.78, 5) is 34.6. The predicted molar refractivity (Wildman–Crippen MR) is 83.3 cm³/mol. The van der Waals surface area contributed by atoms with Gasteiger partial charge in [0.05, 0.1) is 0 Å². The van der Waals surface area contributed by atoms with Crippen molar-refractivity contribution in [2.24, 2.45) is 0 Å². The minimum absolute atomic E-state index is 0.322. The number of esters is 2. The van der Waals surface area contributed by atoms with Gasteiger partial charge in [0.1, 0.15) is 12.1 Å². The molecule has 0 unspecified atom stereocenters. The largest absolute Gasteiger partial charge is 0.457 e. The fourth-order valence-electron chi connectivity index (χ4n) is 1.42. The molecule has 1 rings (SSSR count). The lowest BCUT2D eigenvalue weighted by atomic mass is 10.2. The van der Waals surface area contributed by atoms with Crippen LogP contribution in [0.25, 0.3) is 0 Å². The standard InChI is InChI=1S/C15H18BrNO5/c1-15(2,3)22-13(19)9-21-12(18)8-17-14(20)10-4-6-11(16)7-5-10/h4-7H,8-9H2,1-3H3,(H,17,20). The van der Waals surface area contributed by atoms with E-state index in [1.807, 2.05) is 0 Å². The monoisotopic (exact) mass is 371 g/mol. The molecule has 6 nitrogen and oxygen atoms in total. The van der Waals surface area contributed by atoms with E-state index in [2.05, 4.69) is 21.2 Å². The average Bonchev–Trinajstić information content (AvgIpc) is 2.41. The maximum Gasteiger partial charge on any atom is 0.344 e. The number of benzene rings is 1. The Hall–Kier alpha value is -1.89. The van der Waals surface area contributed by atoms with Gasteiger partial charge in [-0.1, -0.05) is 15.9 Å². The van der Waals surface area contributed by atoms with Crippen molar-refractivity contribution < 1.29 is 23.9 Å². The first-order chi connectivity index (χ1) is 10.2. The van der Waals surface area contributed by atoms with Crippen molar-refractivity contribution in [1.29, 1.82) is 0 Å². The Morgan fingerprint density at radius 1 is 1.09 bits per heavy atom. The van der Waals surface area contributed by atoms with E-state index in [-0.39, 0.29) is 6.54 Å². The Morgan fingerprint density at radius 2 is 1.68 bits per heavy atom. The summed E-state index contributed by atoms with van der Waals surface area (Å²) in [6.45, 7) is 4.34. The fourth-order valence-corrected chi connectivity index (χ4v) is 1.68. The summed E-state index contributed by atoms with van der Waals surface area (Å²) >= 11 is 3.26. The maximum atomic E-state index is 11.8. The first-order valence-corrected chi connectivity index (χ1v) is 7.38. The molecule has 0 aliphatic carbocycles. The molecule has 0 radical (unpaired) electrons. The van der Waals surface area contributed by atoms with Gasteiger partial charge in [-0.3, -0.25) is 9.59 Å². The number of carbonyl (C=O) groups excluding carboxylic acids is 3. The summed E-state index contributed by atoms with van der Waals surface area (Å²) in [5.41, 5.74) is -0.220. The minimum atomic E-state index is -0.712. The zero-order valence-corrected chi connectivity index (χ0v) is 14.2. The van der Waals surface area contributed by atoms with Gasteiger partial charge in [-0.15, -0.1) is 0 Å². The topological polar surface area (TPSA) is 81.7 Å². The van der Waals surface area contributed by atoms with Crippen LogP contribution in [0.15, 0.2) is 28.7 Å². The highest BCUT2D eigenvalue weighted by atomic mass is 79.9. The third kappa shape index (κ3) is 7.21. The van der Waals surface area contributed by atoms with Gasteiger partial charge in [0.2, 0.25) is 0 Å². The highest BCUT2D eigenvalue weighted by Crippen LogP contribution is 2.10. The van der Waals surface area contributed by atoms with Gasteiger partial charge in [0.15, 0.2) is 6.61 Å². The highest BCUT2D eigenvalue weighted by Gasteiger charge is 2.17. The van der Waals surface area contributed by atoms with Gasteiger partial charge in [0.25, 0.3) is 5.91 Å². The number of halogens is 1. The maximum absolute atomic E-state index is 11.8. The molecule has 120 valence electrons. The van der Waals surface area contributed by atoms with Crippen LogP contribution in [0.4, 0.5) is 0 Å². The number of hydrogen-bond donors (Lipinski definition) is 1. The molecule has 1 amide bonds. The molecule has 0 bridgehead atoms. The molecule has 0 atom stereocenters. The van der Waals surface area contributed by atoms with E-state index in [1.165, 1.54) is 0 Å². The van der Waals surface area contributed by atoms with Crippen LogP contribution in [0, 0.1) is 0 Å². The van der Waals surface area contributed by atoms with Gasteiger partial charge in [-0.05, 0) is 45.0 Å². The molecule has 0 aliphatic rings. The van der Waals surface area contributed by atoms with Crippen LogP contribution < -0.4 is 5.32 Å². The van der Waals surface area contributed by atoms with Crippen LogP contribution in [0.5, 0.6) is 0 Å². The SMILES string of the molecule is CC(C)(C)OC(=O)COC(=O)CNC(=O)c1ccc(Br)cc1. The third-order valence-electron chi connectivity index (χ3n) is 2.27. The van der Waals surface area contributed by atoms with E-state index in [0.29, 0.717) is 5.56 Å². The smallest absolute Gasteiger partial charge is 0.344 e. The van der Waals surface area contributed by atoms with E-state index >= 15 is 0 Å². The Bertz CT molecular complexity index is 548. The van der Waals surface area contributed by atoms with E-state index in [4.69, 9.17) is 9.47 Å². The average molecular weight is 372 g/mol. The molecule has 0 aliphatic heterocycles. The van der Waals surface area contributed by atoms with Crippen molar-refractivity contribution in [3.8, 4) is 0 Å². The van der Waals surface area contributed by atoms with E-state index in [1.54, 1.807) is 45.0 Å². The quantitative estimate of drug-likeness (QED) is 0.801. The van der Waals surface area contributed by atoms with Crippen LogP contribution in [0.1, 0.15) is 31.1 Å². The predicted octanol–water partition coefficient (Wildman–Crippen LogP) is 2.06. The first-order valence-electron chi connectivity index (χ1n) is 6.58. The number of amides is 1. The molecule has 0 heterocycles. The number of rotatable bonds is 5. The lowest BCUT2D eigenvalue weighted by Gasteiger charge is -2.19. The Kier molecular flexibility index (Phi) is 6.55. The summed E-state index contributed by atoms with van der Waals surface area (Å²) in [6, 6.07) is 6.67. The number of nitrogens with one attached hydrogen (secondary N) is 1. The van der Waals surface area contributed by atoms with Crippen LogP contribution in [0.2, 0.25) is 0 Å². The summed E-state index contributed by atoms with van der Waals surface area (Å²) < 4.78 is 10.6. The Labute approximate surface area is 137 Å². The van der Waals surface area contributed by atoms with Gasteiger partial charge in [0, 0.05) is 10.0 Å².